The first-order valence-electron chi connectivity index (χ1n) is 6.41. The molecule has 2 aromatic rings. The summed E-state index contributed by atoms with van der Waals surface area (Å²) in [5.41, 5.74) is 7.61. The van der Waals surface area contributed by atoms with Crippen LogP contribution in [-0.4, -0.2) is 17.0 Å². The molecule has 0 fully saturated rings. The fourth-order valence-corrected chi connectivity index (χ4v) is 1.89. The van der Waals surface area contributed by atoms with Gasteiger partial charge in [0.1, 0.15) is 11.6 Å². The highest BCUT2D eigenvalue weighted by molar-refractivity contribution is 5.48. The molecule has 0 radical (unpaired) electrons. The second kappa shape index (κ2) is 5.84. The zero-order chi connectivity index (χ0) is 13.8. The van der Waals surface area contributed by atoms with Gasteiger partial charge in [-0.15, -0.1) is 0 Å². The average molecular weight is 260 g/mol. The lowest BCUT2D eigenvalue weighted by atomic mass is 10.2. The van der Waals surface area contributed by atoms with Gasteiger partial charge >= 0.3 is 0 Å². The van der Waals surface area contributed by atoms with Crippen LogP contribution < -0.4 is 10.6 Å². The van der Waals surface area contributed by atoms with Crippen molar-refractivity contribution >= 4 is 5.69 Å². The van der Waals surface area contributed by atoms with Crippen molar-refractivity contribution < 1.29 is 4.42 Å². The summed E-state index contributed by atoms with van der Waals surface area (Å²) in [5.74, 6) is 2.03. The lowest BCUT2D eigenvalue weighted by Gasteiger charge is -2.20. The number of furan rings is 1. The Kier molecular flexibility index (Phi) is 4.16. The number of hydrogen-bond donors (Lipinski definition) is 1. The third-order valence-corrected chi connectivity index (χ3v) is 2.96. The molecule has 0 amide bonds. The number of nitrogens with zero attached hydrogens (tertiary/aromatic N) is 3. The SMILES string of the molecule is CC(C)c1ncc(N(C)Cc2ccco2)c(CN)n1. The van der Waals surface area contributed by atoms with Crippen LogP contribution in [0.15, 0.2) is 29.0 Å². The molecule has 2 N–H and O–H groups in total. The van der Waals surface area contributed by atoms with Gasteiger partial charge in [0.05, 0.1) is 30.4 Å². The van der Waals surface area contributed by atoms with Crippen molar-refractivity contribution in [3.05, 3.63) is 41.9 Å². The van der Waals surface area contributed by atoms with Crippen molar-refractivity contribution in [2.45, 2.75) is 32.9 Å². The van der Waals surface area contributed by atoms with Crippen LogP contribution in [-0.2, 0) is 13.1 Å². The van der Waals surface area contributed by atoms with Gasteiger partial charge in [0.15, 0.2) is 0 Å². The fraction of sp³-hybridized carbons (Fsp3) is 0.429. The number of rotatable bonds is 5. The van der Waals surface area contributed by atoms with Crippen LogP contribution in [0.1, 0.15) is 37.0 Å². The van der Waals surface area contributed by atoms with E-state index >= 15 is 0 Å². The van der Waals surface area contributed by atoms with Crippen molar-refractivity contribution in [1.29, 1.82) is 0 Å². The van der Waals surface area contributed by atoms with E-state index in [4.69, 9.17) is 10.2 Å². The summed E-state index contributed by atoms with van der Waals surface area (Å²) < 4.78 is 5.35. The molecule has 2 aromatic heterocycles. The standard InChI is InChI=1S/C14H20N4O/c1-10(2)14-16-8-13(12(7-15)17-14)18(3)9-11-5-4-6-19-11/h4-6,8,10H,7,9,15H2,1-3H3. The summed E-state index contributed by atoms with van der Waals surface area (Å²) in [4.78, 5) is 11.0. The van der Waals surface area contributed by atoms with Crippen LogP contribution >= 0.6 is 0 Å². The minimum absolute atomic E-state index is 0.301. The molecular weight excluding hydrogens is 240 g/mol. The molecule has 102 valence electrons. The van der Waals surface area contributed by atoms with Crippen LogP contribution in [0.3, 0.4) is 0 Å². The van der Waals surface area contributed by atoms with Gasteiger partial charge in [0.2, 0.25) is 0 Å². The predicted molar refractivity (Wildman–Crippen MR) is 74.8 cm³/mol. The molecule has 5 heteroatoms. The molecule has 0 aromatic carbocycles. The Morgan fingerprint density at radius 2 is 2.21 bits per heavy atom. The maximum Gasteiger partial charge on any atom is 0.131 e. The third-order valence-electron chi connectivity index (χ3n) is 2.96. The summed E-state index contributed by atoms with van der Waals surface area (Å²) in [6.07, 6.45) is 3.51. The monoisotopic (exact) mass is 260 g/mol. The molecule has 0 aliphatic rings. The van der Waals surface area contributed by atoms with E-state index in [-0.39, 0.29) is 0 Å². The molecule has 0 aliphatic carbocycles. The van der Waals surface area contributed by atoms with Gasteiger partial charge in [-0.25, -0.2) is 9.97 Å². The molecule has 0 unspecified atom stereocenters. The molecule has 5 nitrogen and oxygen atoms in total. The van der Waals surface area contributed by atoms with Gasteiger partial charge in [0, 0.05) is 19.5 Å². The molecule has 19 heavy (non-hydrogen) atoms. The fourth-order valence-electron chi connectivity index (χ4n) is 1.89. The second-order valence-electron chi connectivity index (χ2n) is 4.85. The van der Waals surface area contributed by atoms with E-state index in [9.17, 15) is 0 Å². The van der Waals surface area contributed by atoms with Gasteiger partial charge in [-0.3, -0.25) is 0 Å². The Hall–Kier alpha value is -1.88. The number of nitrogens with two attached hydrogens (primary N) is 1. The summed E-state index contributed by atoms with van der Waals surface area (Å²) >= 11 is 0. The van der Waals surface area contributed by atoms with Gasteiger partial charge in [0.25, 0.3) is 0 Å². The Morgan fingerprint density at radius 3 is 2.79 bits per heavy atom. The molecule has 0 saturated carbocycles. The minimum atomic E-state index is 0.301. The molecule has 0 aliphatic heterocycles. The third kappa shape index (κ3) is 3.12. The average Bonchev–Trinajstić information content (AvgIpc) is 2.90. The van der Waals surface area contributed by atoms with Crippen molar-refractivity contribution in [3.63, 3.8) is 0 Å². The van der Waals surface area contributed by atoms with E-state index in [1.165, 1.54) is 0 Å². The number of anilines is 1. The maximum atomic E-state index is 5.79. The zero-order valence-corrected chi connectivity index (χ0v) is 11.6. The smallest absolute Gasteiger partial charge is 0.131 e. The van der Waals surface area contributed by atoms with Crippen LogP contribution in [0.5, 0.6) is 0 Å². The Bertz CT molecular complexity index is 522. The van der Waals surface area contributed by atoms with Gasteiger partial charge in [-0.1, -0.05) is 13.8 Å². The minimum Gasteiger partial charge on any atom is -0.467 e. The van der Waals surface area contributed by atoms with Gasteiger partial charge in [-0.05, 0) is 12.1 Å². The van der Waals surface area contributed by atoms with E-state index in [0.29, 0.717) is 19.0 Å². The predicted octanol–water partition coefficient (Wildman–Crippen LogP) is 2.29. The van der Waals surface area contributed by atoms with E-state index in [2.05, 4.69) is 23.8 Å². The zero-order valence-electron chi connectivity index (χ0n) is 11.6. The molecule has 2 heterocycles. The highest BCUT2D eigenvalue weighted by atomic mass is 16.3. The van der Waals surface area contributed by atoms with Crippen molar-refractivity contribution in [3.8, 4) is 0 Å². The first-order valence-corrected chi connectivity index (χ1v) is 6.41. The van der Waals surface area contributed by atoms with Crippen LogP contribution in [0.25, 0.3) is 0 Å². The van der Waals surface area contributed by atoms with Gasteiger partial charge in [-0.2, -0.15) is 0 Å². The largest absolute Gasteiger partial charge is 0.467 e. The van der Waals surface area contributed by atoms with Crippen molar-refractivity contribution in [1.82, 2.24) is 9.97 Å². The first kappa shape index (κ1) is 13.5. The molecule has 0 saturated heterocycles. The Morgan fingerprint density at radius 1 is 1.42 bits per heavy atom. The van der Waals surface area contributed by atoms with Crippen LogP contribution in [0, 0.1) is 0 Å². The van der Waals surface area contributed by atoms with Crippen molar-refractivity contribution in [2.75, 3.05) is 11.9 Å². The summed E-state index contributed by atoms with van der Waals surface area (Å²) in [6.45, 7) is 5.22. The van der Waals surface area contributed by atoms with E-state index < -0.39 is 0 Å². The number of hydrogen-bond acceptors (Lipinski definition) is 5. The highest BCUT2D eigenvalue weighted by Crippen LogP contribution is 2.20. The Labute approximate surface area is 113 Å². The molecule has 0 spiro atoms. The highest BCUT2D eigenvalue weighted by Gasteiger charge is 2.13. The molecule has 2 rings (SSSR count). The van der Waals surface area contributed by atoms with Crippen molar-refractivity contribution in [2.24, 2.45) is 5.73 Å². The molecule has 0 atom stereocenters. The van der Waals surface area contributed by atoms with E-state index in [0.717, 1.165) is 23.0 Å². The van der Waals surface area contributed by atoms with E-state index in [1.807, 2.05) is 30.3 Å². The summed E-state index contributed by atoms with van der Waals surface area (Å²) in [7, 11) is 1.98. The first-order chi connectivity index (χ1) is 9.11. The van der Waals surface area contributed by atoms with E-state index in [1.54, 1.807) is 6.26 Å². The topological polar surface area (TPSA) is 68.2 Å². The maximum absolute atomic E-state index is 5.79. The normalized spacial score (nSPS) is 11.0. The number of aromatic nitrogens is 2. The second-order valence-corrected chi connectivity index (χ2v) is 4.85. The molecule has 0 bridgehead atoms. The summed E-state index contributed by atoms with van der Waals surface area (Å²) in [6, 6.07) is 3.83. The Balaban J connectivity index is 2.23. The molecular formula is C14H20N4O. The van der Waals surface area contributed by atoms with Crippen LogP contribution in [0.2, 0.25) is 0 Å². The quantitative estimate of drug-likeness (QED) is 0.893. The summed E-state index contributed by atoms with van der Waals surface area (Å²) in [5, 5.41) is 0. The lowest BCUT2D eigenvalue weighted by molar-refractivity contribution is 0.507. The van der Waals surface area contributed by atoms with Gasteiger partial charge < -0.3 is 15.1 Å². The lowest BCUT2D eigenvalue weighted by Crippen LogP contribution is -2.20. The van der Waals surface area contributed by atoms with Crippen LogP contribution in [0.4, 0.5) is 5.69 Å².